The van der Waals surface area contributed by atoms with E-state index in [9.17, 15) is 18.0 Å². The molecule has 3 rings (SSSR count). The number of carbonyl (C=O) groups excluding carboxylic acids is 2. The van der Waals surface area contributed by atoms with Gasteiger partial charge in [-0.2, -0.15) is 0 Å². The number of rotatable bonds is 8. The Hall–Kier alpha value is -2.58. The average molecular weight is 535 g/mol. The summed E-state index contributed by atoms with van der Waals surface area (Å²) in [5, 5.41) is 3.75. The molecule has 0 aromatic heterocycles. The Morgan fingerprint density at radius 3 is 2.28 bits per heavy atom. The van der Waals surface area contributed by atoms with E-state index in [0.29, 0.717) is 17.1 Å². The summed E-state index contributed by atoms with van der Waals surface area (Å²) in [4.78, 5) is 28.0. The number of hydrogen-bond donors (Lipinski definition) is 1. The van der Waals surface area contributed by atoms with Crippen LogP contribution >= 0.6 is 11.6 Å². The molecular weight excluding hydrogens is 500 g/mol. The van der Waals surface area contributed by atoms with Crippen LogP contribution in [0.2, 0.25) is 5.02 Å². The third kappa shape index (κ3) is 7.96. The van der Waals surface area contributed by atoms with Gasteiger partial charge in [0.2, 0.25) is 0 Å². The maximum absolute atomic E-state index is 13.2. The fourth-order valence-electron chi connectivity index (χ4n) is 4.40. The van der Waals surface area contributed by atoms with Crippen LogP contribution in [-0.4, -0.2) is 55.8 Å². The van der Waals surface area contributed by atoms with Crippen LogP contribution in [0.25, 0.3) is 0 Å². The van der Waals surface area contributed by atoms with E-state index >= 15 is 0 Å². The van der Waals surface area contributed by atoms with E-state index in [1.807, 2.05) is 45.0 Å². The number of aryl methyl sites for hydroxylation is 1. The average Bonchev–Trinajstić information content (AvgIpc) is 3.23. The second-order valence-electron chi connectivity index (χ2n) is 10.3. The highest BCUT2D eigenvalue weighted by Gasteiger charge is 2.37. The van der Waals surface area contributed by atoms with Gasteiger partial charge in [0.1, 0.15) is 5.60 Å². The molecule has 0 spiro atoms. The molecule has 0 saturated heterocycles. The Morgan fingerprint density at radius 2 is 1.69 bits per heavy atom. The summed E-state index contributed by atoms with van der Waals surface area (Å²) in [5.74, 6) is -0.294. The van der Waals surface area contributed by atoms with E-state index in [2.05, 4.69) is 5.32 Å². The number of halogens is 1. The second kappa shape index (κ2) is 11.6. The summed E-state index contributed by atoms with van der Waals surface area (Å²) >= 11 is 5.98. The van der Waals surface area contributed by atoms with Gasteiger partial charge in [-0.05, 0) is 94.8 Å². The lowest BCUT2D eigenvalue weighted by Gasteiger charge is -2.35. The van der Waals surface area contributed by atoms with Gasteiger partial charge in [-0.15, -0.1) is 0 Å². The lowest BCUT2D eigenvalue weighted by atomic mass is 10.1. The van der Waals surface area contributed by atoms with Crippen molar-refractivity contribution in [3.63, 3.8) is 0 Å². The number of benzene rings is 2. The number of amides is 2. The van der Waals surface area contributed by atoms with Crippen molar-refractivity contribution in [3.8, 4) is 0 Å². The van der Waals surface area contributed by atoms with Gasteiger partial charge < -0.3 is 15.0 Å². The first-order chi connectivity index (χ1) is 16.8. The molecule has 1 fully saturated rings. The van der Waals surface area contributed by atoms with Crippen LogP contribution in [0.15, 0.2) is 53.4 Å². The molecule has 7 nitrogen and oxygen atoms in total. The molecule has 9 heteroatoms. The third-order valence-electron chi connectivity index (χ3n) is 6.15. The zero-order chi connectivity index (χ0) is 26.5. The van der Waals surface area contributed by atoms with Gasteiger partial charge >= 0.3 is 6.09 Å². The van der Waals surface area contributed by atoms with E-state index in [-0.39, 0.29) is 29.0 Å². The Labute approximate surface area is 219 Å². The van der Waals surface area contributed by atoms with Crippen LogP contribution < -0.4 is 5.32 Å². The lowest BCUT2D eigenvalue weighted by molar-refractivity contribution is 0.0135. The van der Waals surface area contributed by atoms with Crippen molar-refractivity contribution in [2.45, 2.75) is 75.5 Å². The number of carbonyl (C=O) groups is 2. The van der Waals surface area contributed by atoms with Gasteiger partial charge in [0.15, 0.2) is 9.84 Å². The maximum atomic E-state index is 13.2. The van der Waals surface area contributed by atoms with Crippen LogP contribution in [0.3, 0.4) is 0 Å². The van der Waals surface area contributed by atoms with Gasteiger partial charge in [-0.3, -0.25) is 4.79 Å². The number of nitrogens with zero attached hydrogens (tertiary/aromatic N) is 1. The van der Waals surface area contributed by atoms with Crippen LogP contribution in [0.5, 0.6) is 0 Å². The first-order valence-corrected chi connectivity index (χ1v) is 14.5. The van der Waals surface area contributed by atoms with E-state index in [1.54, 1.807) is 4.90 Å². The predicted molar refractivity (Wildman–Crippen MR) is 141 cm³/mol. The van der Waals surface area contributed by atoms with Crippen molar-refractivity contribution >= 4 is 33.4 Å². The summed E-state index contributed by atoms with van der Waals surface area (Å²) in [7, 11) is -3.34. The van der Waals surface area contributed by atoms with Crippen molar-refractivity contribution < 1.29 is 22.7 Å². The minimum atomic E-state index is -3.34. The summed E-state index contributed by atoms with van der Waals surface area (Å²) < 4.78 is 29.1. The number of nitrogens with one attached hydrogen (secondary N) is 1. The third-order valence-corrected chi connectivity index (χ3v) is 7.53. The molecule has 1 aliphatic carbocycles. The number of sulfone groups is 1. The molecule has 0 aliphatic heterocycles. The molecule has 36 heavy (non-hydrogen) atoms. The molecule has 2 amide bonds. The molecule has 2 aromatic rings. The van der Waals surface area contributed by atoms with E-state index in [0.717, 1.165) is 43.9 Å². The lowest BCUT2D eigenvalue weighted by Crippen LogP contribution is -2.52. The van der Waals surface area contributed by atoms with Crippen LogP contribution in [0, 0.1) is 0 Å². The first-order valence-electron chi connectivity index (χ1n) is 12.2. The minimum absolute atomic E-state index is 0.162. The van der Waals surface area contributed by atoms with Crippen molar-refractivity contribution in [1.82, 2.24) is 10.2 Å². The largest absolute Gasteiger partial charge is 0.444 e. The molecule has 2 atom stereocenters. The zero-order valence-electron chi connectivity index (χ0n) is 21.3. The van der Waals surface area contributed by atoms with Crippen LogP contribution in [-0.2, 0) is 21.0 Å². The molecule has 2 aromatic carbocycles. The highest BCUT2D eigenvalue weighted by molar-refractivity contribution is 7.90. The summed E-state index contributed by atoms with van der Waals surface area (Å²) in [6, 6.07) is 13.1. The van der Waals surface area contributed by atoms with Crippen molar-refractivity contribution in [3.05, 3.63) is 64.7 Å². The normalized spacial score (nSPS) is 18.0. The van der Waals surface area contributed by atoms with E-state index in [4.69, 9.17) is 16.3 Å². The predicted octanol–water partition coefficient (Wildman–Crippen LogP) is 5.26. The van der Waals surface area contributed by atoms with Gasteiger partial charge in [0.05, 0.1) is 10.9 Å². The second-order valence-corrected chi connectivity index (χ2v) is 12.7. The van der Waals surface area contributed by atoms with E-state index in [1.165, 1.54) is 24.3 Å². The maximum Gasteiger partial charge on any atom is 0.410 e. The van der Waals surface area contributed by atoms with Crippen LogP contribution in [0.4, 0.5) is 4.79 Å². The van der Waals surface area contributed by atoms with Crippen molar-refractivity contribution in [2.75, 3.05) is 12.8 Å². The quantitative estimate of drug-likeness (QED) is 0.498. The van der Waals surface area contributed by atoms with E-state index < -0.39 is 15.4 Å². The summed E-state index contributed by atoms with van der Waals surface area (Å²) in [5.41, 5.74) is 0.876. The minimum Gasteiger partial charge on any atom is -0.444 e. The Morgan fingerprint density at radius 1 is 1.06 bits per heavy atom. The molecule has 0 heterocycles. The fourth-order valence-corrected chi connectivity index (χ4v) is 5.16. The number of ether oxygens (including phenoxy) is 1. The molecule has 1 aliphatic rings. The highest BCUT2D eigenvalue weighted by Crippen LogP contribution is 2.27. The standard InChI is InChI=1S/C27H35ClN2O5S/c1-27(2,3)35-26(32)30(18-6-7-19-10-14-21(28)15-11-19)24-9-5-8-23(24)29-25(31)20-12-16-22(17-13-20)36(4,33)34/h10-17,23-24H,5-9,18H2,1-4H3,(H,29,31). The monoisotopic (exact) mass is 534 g/mol. The number of hydrogen-bond acceptors (Lipinski definition) is 5. The van der Waals surface area contributed by atoms with Gasteiger partial charge in [-0.1, -0.05) is 23.7 Å². The summed E-state index contributed by atoms with van der Waals surface area (Å²) in [6.45, 7) is 6.01. The molecule has 1 N–H and O–H groups in total. The van der Waals surface area contributed by atoms with Crippen molar-refractivity contribution in [2.24, 2.45) is 0 Å². The molecule has 0 radical (unpaired) electrons. The molecular formula is C27H35ClN2O5S. The molecule has 2 unspecified atom stereocenters. The molecule has 0 bridgehead atoms. The zero-order valence-corrected chi connectivity index (χ0v) is 22.9. The Bertz CT molecular complexity index is 1160. The van der Waals surface area contributed by atoms with Crippen molar-refractivity contribution in [1.29, 1.82) is 0 Å². The summed E-state index contributed by atoms with van der Waals surface area (Å²) in [6.07, 6.45) is 4.65. The fraction of sp³-hybridized carbons (Fsp3) is 0.481. The Balaban J connectivity index is 1.71. The van der Waals surface area contributed by atoms with Gasteiger partial charge in [0, 0.05) is 29.4 Å². The van der Waals surface area contributed by atoms with Gasteiger partial charge in [-0.25, -0.2) is 13.2 Å². The molecule has 1 saturated carbocycles. The molecule has 196 valence electrons. The highest BCUT2D eigenvalue weighted by atomic mass is 35.5. The van der Waals surface area contributed by atoms with Crippen LogP contribution in [0.1, 0.15) is 62.4 Å². The Kier molecular flexibility index (Phi) is 9.06. The smallest absolute Gasteiger partial charge is 0.410 e. The topological polar surface area (TPSA) is 92.8 Å². The van der Waals surface area contributed by atoms with Gasteiger partial charge in [0.25, 0.3) is 5.91 Å². The SMILES string of the molecule is CC(C)(C)OC(=O)N(CCCc1ccc(Cl)cc1)C1CCCC1NC(=O)c1ccc(S(C)(=O)=O)cc1. The first kappa shape index (κ1) is 28.0.